The lowest BCUT2D eigenvalue weighted by Crippen LogP contribution is -2.43. The van der Waals surface area contributed by atoms with Crippen molar-refractivity contribution in [2.24, 2.45) is 0 Å². The van der Waals surface area contributed by atoms with Crippen LogP contribution < -0.4 is 10.6 Å². The van der Waals surface area contributed by atoms with Gasteiger partial charge in [-0.1, -0.05) is 6.07 Å². The third-order valence-corrected chi connectivity index (χ3v) is 3.19. The molecule has 2 heterocycles. The van der Waals surface area contributed by atoms with Crippen molar-refractivity contribution in [2.75, 3.05) is 26.3 Å². The van der Waals surface area contributed by atoms with Crippen LogP contribution in [0.2, 0.25) is 0 Å². The summed E-state index contributed by atoms with van der Waals surface area (Å²) in [5.74, 6) is 0.0677. The molecule has 104 valence electrons. The molecular weight excluding hydrogens is 242 g/mol. The molecule has 0 spiro atoms. The largest absolute Gasteiger partial charge is 0.381 e. The first-order chi connectivity index (χ1) is 9.34. The summed E-state index contributed by atoms with van der Waals surface area (Å²) in [4.78, 5) is 15.8. The number of ether oxygens (including phenoxy) is 1. The molecule has 0 saturated carbocycles. The van der Waals surface area contributed by atoms with Gasteiger partial charge in [-0.15, -0.1) is 0 Å². The number of hydrogen-bond donors (Lipinski definition) is 2. The highest BCUT2D eigenvalue weighted by Gasteiger charge is 2.15. The van der Waals surface area contributed by atoms with Gasteiger partial charge in [0, 0.05) is 31.6 Å². The summed E-state index contributed by atoms with van der Waals surface area (Å²) in [6.07, 6.45) is 6.34. The number of amides is 1. The van der Waals surface area contributed by atoms with Gasteiger partial charge in [0.15, 0.2) is 0 Å². The van der Waals surface area contributed by atoms with Crippen LogP contribution in [0.4, 0.5) is 0 Å². The van der Waals surface area contributed by atoms with E-state index in [0.29, 0.717) is 6.54 Å². The number of nitrogens with zero attached hydrogens (tertiary/aromatic N) is 1. The van der Waals surface area contributed by atoms with E-state index in [1.807, 2.05) is 18.3 Å². The van der Waals surface area contributed by atoms with Crippen molar-refractivity contribution in [3.63, 3.8) is 0 Å². The van der Waals surface area contributed by atoms with Crippen molar-refractivity contribution in [3.05, 3.63) is 30.1 Å². The Balaban J connectivity index is 1.56. The van der Waals surface area contributed by atoms with Crippen molar-refractivity contribution >= 4 is 5.91 Å². The first-order valence-electron chi connectivity index (χ1n) is 6.81. The molecule has 0 atom stereocenters. The smallest absolute Gasteiger partial charge is 0.234 e. The van der Waals surface area contributed by atoms with E-state index in [1.165, 1.54) is 5.56 Å². The van der Waals surface area contributed by atoms with Crippen molar-refractivity contribution in [3.8, 4) is 0 Å². The average Bonchev–Trinajstić information content (AvgIpc) is 2.46. The molecule has 2 N–H and O–H groups in total. The van der Waals surface area contributed by atoms with Gasteiger partial charge in [0.2, 0.25) is 5.91 Å². The van der Waals surface area contributed by atoms with Crippen molar-refractivity contribution in [2.45, 2.75) is 25.3 Å². The Hall–Kier alpha value is -1.46. The van der Waals surface area contributed by atoms with Crippen molar-refractivity contribution in [1.82, 2.24) is 15.6 Å². The molecule has 1 aliphatic heterocycles. The van der Waals surface area contributed by atoms with E-state index in [2.05, 4.69) is 15.6 Å². The van der Waals surface area contributed by atoms with Gasteiger partial charge >= 0.3 is 0 Å². The summed E-state index contributed by atoms with van der Waals surface area (Å²) < 4.78 is 5.26. The number of rotatable bonds is 6. The van der Waals surface area contributed by atoms with E-state index in [0.717, 1.165) is 39.0 Å². The highest BCUT2D eigenvalue weighted by molar-refractivity contribution is 5.78. The summed E-state index contributed by atoms with van der Waals surface area (Å²) >= 11 is 0. The fourth-order valence-electron chi connectivity index (χ4n) is 2.10. The Labute approximate surface area is 113 Å². The standard InChI is InChI=1S/C14H21N3O2/c18-14(17-13-4-8-19-9-5-13)11-16-7-3-12-2-1-6-15-10-12/h1-2,6,10,13,16H,3-5,7-9,11H2,(H,17,18). The molecule has 19 heavy (non-hydrogen) atoms. The van der Waals surface area contributed by atoms with Gasteiger partial charge in [-0.2, -0.15) is 0 Å². The highest BCUT2D eigenvalue weighted by atomic mass is 16.5. The van der Waals surface area contributed by atoms with Crippen LogP contribution in [0.1, 0.15) is 18.4 Å². The zero-order valence-corrected chi connectivity index (χ0v) is 11.1. The molecule has 5 heteroatoms. The molecule has 1 saturated heterocycles. The second kappa shape index (κ2) is 7.86. The maximum Gasteiger partial charge on any atom is 0.234 e. The van der Waals surface area contributed by atoms with Crippen LogP contribution in [-0.2, 0) is 16.0 Å². The molecule has 1 aliphatic rings. The Kier molecular flexibility index (Phi) is 5.78. The number of aromatic nitrogens is 1. The van der Waals surface area contributed by atoms with Crippen LogP contribution >= 0.6 is 0 Å². The molecule has 1 aromatic rings. The van der Waals surface area contributed by atoms with E-state index in [9.17, 15) is 4.79 Å². The Bertz CT molecular complexity index is 378. The number of carbonyl (C=O) groups is 1. The van der Waals surface area contributed by atoms with Crippen molar-refractivity contribution < 1.29 is 9.53 Å². The normalized spacial score (nSPS) is 16.2. The summed E-state index contributed by atoms with van der Waals surface area (Å²) in [7, 11) is 0. The maximum absolute atomic E-state index is 11.7. The molecule has 1 amide bonds. The van der Waals surface area contributed by atoms with Crippen LogP contribution in [0, 0.1) is 0 Å². The summed E-state index contributed by atoms with van der Waals surface area (Å²) in [6, 6.07) is 4.24. The molecular formula is C14H21N3O2. The first-order valence-corrected chi connectivity index (χ1v) is 6.81. The van der Waals surface area contributed by atoms with E-state index in [-0.39, 0.29) is 11.9 Å². The predicted molar refractivity (Wildman–Crippen MR) is 72.8 cm³/mol. The zero-order chi connectivity index (χ0) is 13.3. The topological polar surface area (TPSA) is 63.2 Å². The second-order valence-electron chi connectivity index (χ2n) is 4.74. The van der Waals surface area contributed by atoms with Crippen molar-refractivity contribution in [1.29, 1.82) is 0 Å². The third kappa shape index (κ3) is 5.36. The molecule has 1 aromatic heterocycles. The van der Waals surface area contributed by atoms with Gasteiger partial charge in [0.25, 0.3) is 0 Å². The predicted octanol–water partition coefficient (Wildman–Crippen LogP) is 0.509. The van der Waals surface area contributed by atoms with Crippen LogP contribution in [0.3, 0.4) is 0 Å². The van der Waals surface area contributed by atoms with Crippen LogP contribution in [-0.4, -0.2) is 43.2 Å². The van der Waals surface area contributed by atoms with Gasteiger partial charge in [0.05, 0.1) is 6.54 Å². The van der Waals surface area contributed by atoms with Gasteiger partial charge in [-0.3, -0.25) is 9.78 Å². The minimum absolute atomic E-state index is 0.0677. The summed E-state index contributed by atoms with van der Waals surface area (Å²) in [5.41, 5.74) is 1.18. The van der Waals surface area contributed by atoms with E-state index in [1.54, 1.807) is 6.20 Å². The number of hydrogen-bond acceptors (Lipinski definition) is 4. The molecule has 0 radical (unpaired) electrons. The molecule has 1 fully saturated rings. The Morgan fingerprint density at radius 3 is 3.00 bits per heavy atom. The Morgan fingerprint density at radius 2 is 2.26 bits per heavy atom. The van der Waals surface area contributed by atoms with E-state index in [4.69, 9.17) is 4.74 Å². The van der Waals surface area contributed by atoms with Crippen LogP contribution in [0.25, 0.3) is 0 Å². The van der Waals surface area contributed by atoms with Gasteiger partial charge in [-0.05, 0) is 37.4 Å². The summed E-state index contributed by atoms with van der Waals surface area (Å²) in [6.45, 7) is 2.66. The lowest BCUT2D eigenvalue weighted by Gasteiger charge is -2.23. The van der Waals surface area contributed by atoms with Gasteiger partial charge in [-0.25, -0.2) is 0 Å². The third-order valence-electron chi connectivity index (χ3n) is 3.19. The van der Waals surface area contributed by atoms with E-state index < -0.39 is 0 Å². The molecule has 0 aliphatic carbocycles. The van der Waals surface area contributed by atoms with Crippen LogP contribution in [0.15, 0.2) is 24.5 Å². The average molecular weight is 263 g/mol. The second-order valence-corrected chi connectivity index (χ2v) is 4.74. The first kappa shape index (κ1) is 14.0. The monoisotopic (exact) mass is 263 g/mol. The number of pyridine rings is 1. The fourth-order valence-corrected chi connectivity index (χ4v) is 2.10. The van der Waals surface area contributed by atoms with Gasteiger partial charge in [0.1, 0.15) is 0 Å². The SMILES string of the molecule is O=C(CNCCc1cccnc1)NC1CCOCC1. The maximum atomic E-state index is 11.7. The lowest BCUT2D eigenvalue weighted by atomic mass is 10.1. The van der Waals surface area contributed by atoms with Gasteiger partial charge < -0.3 is 15.4 Å². The zero-order valence-electron chi connectivity index (χ0n) is 11.1. The molecule has 0 bridgehead atoms. The fraction of sp³-hybridized carbons (Fsp3) is 0.571. The minimum Gasteiger partial charge on any atom is -0.381 e. The Morgan fingerprint density at radius 1 is 1.42 bits per heavy atom. The highest BCUT2D eigenvalue weighted by Crippen LogP contribution is 2.05. The lowest BCUT2D eigenvalue weighted by molar-refractivity contribution is -0.121. The molecule has 2 rings (SSSR count). The molecule has 5 nitrogen and oxygen atoms in total. The van der Waals surface area contributed by atoms with E-state index >= 15 is 0 Å². The van der Waals surface area contributed by atoms with Crippen LogP contribution in [0.5, 0.6) is 0 Å². The molecule has 0 aromatic carbocycles. The number of carbonyl (C=O) groups excluding carboxylic acids is 1. The molecule has 0 unspecified atom stereocenters. The quantitative estimate of drug-likeness (QED) is 0.734. The number of nitrogens with one attached hydrogen (secondary N) is 2. The minimum atomic E-state index is 0.0677. The summed E-state index contributed by atoms with van der Waals surface area (Å²) in [5, 5.41) is 6.18.